The Hall–Kier alpha value is -0.580. The lowest BCUT2D eigenvalue weighted by Gasteiger charge is -2.22. The molecule has 0 bridgehead atoms. The van der Waals surface area contributed by atoms with E-state index in [-0.39, 0.29) is 18.0 Å². The van der Waals surface area contributed by atoms with Gasteiger partial charge in [0.2, 0.25) is 5.91 Å². The van der Waals surface area contributed by atoms with Crippen LogP contribution in [0.5, 0.6) is 0 Å². The van der Waals surface area contributed by atoms with E-state index in [1.807, 2.05) is 40.0 Å². The first kappa shape index (κ1) is 14.5. The molecule has 1 atom stereocenters. The molecule has 96 valence electrons. The topological polar surface area (TPSA) is 32.3 Å². The van der Waals surface area contributed by atoms with Crippen LogP contribution in [-0.2, 0) is 4.79 Å². The molecule has 0 saturated heterocycles. The molecule has 1 aromatic heterocycles. The second-order valence-corrected chi connectivity index (χ2v) is 6.09. The van der Waals surface area contributed by atoms with Crippen molar-refractivity contribution in [2.24, 2.45) is 0 Å². The zero-order valence-corrected chi connectivity index (χ0v) is 12.2. The molecular formula is C12H19ClN2OS. The maximum absolute atomic E-state index is 11.8. The molecule has 1 N–H and O–H groups in total. The molecule has 0 aliphatic carbocycles. The average Bonchev–Trinajstić information content (AvgIpc) is 2.71. The van der Waals surface area contributed by atoms with Crippen molar-refractivity contribution in [1.29, 1.82) is 0 Å². The van der Waals surface area contributed by atoms with E-state index in [2.05, 4.69) is 5.32 Å². The molecule has 17 heavy (non-hydrogen) atoms. The van der Waals surface area contributed by atoms with Gasteiger partial charge in [-0.25, -0.2) is 0 Å². The van der Waals surface area contributed by atoms with Crippen LogP contribution in [0.1, 0.15) is 31.7 Å². The van der Waals surface area contributed by atoms with Gasteiger partial charge in [-0.15, -0.1) is 11.3 Å². The molecule has 0 fully saturated rings. The SMILES string of the molecule is CC(NCC(=O)N(C)C(C)C)c1ccc(Cl)s1. The Bertz CT molecular complexity index is 378. The van der Waals surface area contributed by atoms with Crippen LogP contribution >= 0.6 is 22.9 Å². The number of thiophene rings is 1. The highest BCUT2D eigenvalue weighted by Crippen LogP contribution is 2.26. The first-order chi connectivity index (χ1) is 7.91. The predicted molar refractivity (Wildman–Crippen MR) is 73.7 cm³/mol. The number of nitrogens with one attached hydrogen (secondary N) is 1. The lowest BCUT2D eigenvalue weighted by Crippen LogP contribution is -2.39. The van der Waals surface area contributed by atoms with E-state index in [1.165, 1.54) is 0 Å². The number of hydrogen-bond donors (Lipinski definition) is 1. The Labute approximate surface area is 112 Å². The molecule has 1 rings (SSSR count). The normalized spacial score (nSPS) is 12.8. The highest BCUT2D eigenvalue weighted by atomic mass is 35.5. The van der Waals surface area contributed by atoms with E-state index in [1.54, 1.807) is 16.2 Å². The number of hydrogen-bond acceptors (Lipinski definition) is 3. The van der Waals surface area contributed by atoms with Crippen molar-refractivity contribution in [2.45, 2.75) is 32.9 Å². The molecule has 0 aliphatic heterocycles. The van der Waals surface area contributed by atoms with Gasteiger partial charge in [-0.2, -0.15) is 0 Å². The van der Waals surface area contributed by atoms with Crippen molar-refractivity contribution >= 4 is 28.8 Å². The van der Waals surface area contributed by atoms with Crippen LogP contribution in [0.4, 0.5) is 0 Å². The first-order valence-electron chi connectivity index (χ1n) is 5.66. The van der Waals surface area contributed by atoms with Gasteiger partial charge in [0.1, 0.15) is 0 Å². The van der Waals surface area contributed by atoms with Crippen LogP contribution in [0.25, 0.3) is 0 Å². The van der Waals surface area contributed by atoms with Gasteiger partial charge in [0, 0.05) is 24.0 Å². The minimum absolute atomic E-state index is 0.106. The van der Waals surface area contributed by atoms with Crippen molar-refractivity contribution in [2.75, 3.05) is 13.6 Å². The number of rotatable bonds is 5. The van der Waals surface area contributed by atoms with E-state index >= 15 is 0 Å². The van der Waals surface area contributed by atoms with Crippen molar-refractivity contribution in [3.05, 3.63) is 21.3 Å². The molecule has 5 heteroatoms. The number of halogens is 1. The van der Waals surface area contributed by atoms with Gasteiger partial charge >= 0.3 is 0 Å². The van der Waals surface area contributed by atoms with E-state index in [0.717, 1.165) is 9.21 Å². The molecule has 1 amide bonds. The van der Waals surface area contributed by atoms with Gasteiger partial charge in [-0.05, 0) is 32.9 Å². The number of carbonyl (C=O) groups is 1. The quantitative estimate of drug-likeness (QED) is 0.895. The molecule has 1 unspecified atom stereocenters. The number of carbonyl (C=O) groups excluding carboxylic acids is 1. The van der Waals surface area contributed by atoms with Crippen molar-refractivity contribution < 1.29 is 4.79 Å². The second kappa shape index (κ2) is 6.38. The van der Waals surface area contributed by atoms with Gasteiger partial charge in [0.05, 0.1) is 10.9 Å². The smallest absolute Gasteiger partial charge is 0.236 e. The summed E-state index contributed by atoms with van der Waals surface area (Å²) in [5.74, 6) is 0.106. The van der Waals surface area contributed by atoms with Crippen molar-refractivity contribution in [3.63, 3.8) is 0 Å². The van der Waals surface area contributed by atoms with Crippen molar-refractivity contribution in [1.82, 2.24) is 10.2 Å². The van der Waals surface area contributed by atoms with E-state index in [0.29, 0.717) is 6.54 Å². The first-order valence-corrected chi connectivity index (χ1v) is 6.85. The maximum Gasteiger partial charge on any atom is 0.236 e. The van der Waals surface area contributed by atoms with Crippen LogP contribution in [0.3, 0.4) is 0 Å². The summed E-state index contributed by atoms with van der Waals surface area (Å²) in [5, 5.41) is 3.21. The zero-order valence-electron chi connectivity index (χ0n) is 10.7. The van der Waals surface area contributed by atoms with Crippen LogP contribution in [0, 0.1) is 0 Å². The molecule has 0 aromatic carbocycles. The second-order valence-electron chi connectivity index (χ2n) is 4.34. The largest absolute Gasteiger partial charge is 0.342 e. The van der Waals surface area contributed by atoms with E-state index in [9.17, 15) is 4.79 Å². The zero-order chi connectivity index (χ0) is 13.0. The molecule has 0 aliphatic rings. The summed E-state index contributed by atoms with van der Waals surface area (Å²) in [7, 11) is 1.82. The maximum atomic E-state index is 11.8. The minimum Gasteiger partial charge on any atom is -0.342 e. The average molecular weight is 275 g/mol. The fourth-order valence-corrected chi connectivity index (χ4v) is 2.40. The molecule has 0 radical (unpaired) electrons. The van der Waals surface area contributed by atoms with E-state index in [4.69, 9.17) is 11.6 Å². The lowest BCUT2D eigenvalue weighted by atomic mass is 10.2. The Balaban J connectivity index is 2.43. The van der Waals surface area contributed by atoms with Crippen LogP contribution < -0.4 is 5.32 Å². The third-order valence-corrected chi connectivity index (χ3v) is 4.16. The molecule has 1 aromatic rings. The third-order valence-electron chi connectivity index (χ3n) is 2.75. The molecule has 0 saturated carbocycles. The third kappa shape index (κ3) is 4.30. The Morgan fingerprint density at radius 3 is 2.59 bits per heavy atom. The summed E-state index contributed by atoms with van der Waals surface area (Å²) in [4.78, 5) is 14.7. The summed E-state index contributed by atoms with van der Waals surface area (Å²) < 4.78 is 0.777. The molecule has 3 nitrogen and oxygen atoms in total. The van der Waals surface area contributed by atoms with Gasteiger partial charge in [0.25, 0.3) is 0 Å². The predicted octanol–water partition coefficient (Wildman–Crippen LogP) is 2.92. The van der Waals surface area contributed by atoms with Gasteiger partial charge in [0.15, 0.2) is 0 Å². The molecular weight excluding hydrogens is 256 g/mol. The Morgan fingerprint density at radius 2 is 2.12 bits per heavy atom. The number of amides is 1. The molecule has 1 heterocycles. The summed E-state index contributed by atoms with van der Waals surface area (Å²) in [6.07, 6.45) is 0. The number of nitrogens with zero attached hydrogens (tertiary/aromatic N) is 1. The monoisotopic (exact) mass is 274 g/mol. The van der Waals surface area contributed by atoms with Crippen molar-refractivity contribution in [3.8, 4) is 0 Å². The van der Waals surface area contributed by atoms with Crippen LogP contribution in [0.15, 0.2) is 12.1 Å². The summed E-state index contributed by atoms with van der Waals surface area (Å²) in [6, 6.07) is 4.25. The van der Waals surface area contributed by atoms with Gasteiger partial charge in [-0.3, -0.25) is 4.79 Å². The van der Waals surface area contributed by atoms with Crippen LogP contribution in [-0.4, -0.2) is 30.4 Å². The summed E-state index contributed by atoms with van der Waals surface area (Å²) in [5.41, 5.74) is 0. The highest BCUT2D eigenvalue weighted by molar-refractivity contribution is 7.16. The lowest BCUT2D eigenvalue weighted by molar-refractivity contribution is -0.130. The standard InChI is InChI=1S/C12H19ClN2OS/c1-8(2)15(4)12(16)7-14-9(3)10-5-6-11(13)17-10/h5-6,8-9,14H,7H2,1-4H3. The van der Waals surface area contributed by atoms with Gasteiger partial charge in [-0.1, -0.05) is 11.6 Å². The fourth-order valence-electron chi connectivity index (χ4n) is 1.31. The van der Waals surface area contributed by atoms with Gasteiger partial charge < -0.3 is 10.2 Å². The number of likely N-dealkylation sites (N-methyl/N-ethyl adjacent to an activating group) is 1. The highest BCUT2D eigenvalue weighted by Gasteiger charge is 2.14. The Kier molecular flexibility index (Phi) is 5.43. The Morgan fingerprint density at radius 1 is 1.47 bits per heavy atom. The fraction of sp³-hybridized carbons (Fsp3) is 0.583. The minimum atomic E-state index is 0.106. The van der Waals surface area contributed by atoms with Crippen LogP contribution in [0.2, 0.25) is 4.34 Å². The summed E-state index contributed by atoms with van der Waals surface area (Å²) in [6.45, 7) is 6.39. The van der Waals surface area contributed by atoms with E-state index < -0.39 is 0 Å². The summed E-state index contributed by atoms with van der Waals surface area (Å²) >= 11 is 7.41. The molecule has 0 spiro atoms.